The van der Waals surface area contributed by atoms with Gasteiger partial charge in [-0.05, 0) is 67.2 Å². The summed E-state index contributed by atoms with van der Waals surface area (Å²) < 4.78 is 5.19. The Balaban J connectivity index is 1.33. The van der Waals surface area contributed by atoms with E-state index in [4.69, 9.17) is 4.74 Å². The molecule has 3 aromatic rings. The van der Waals surface area contributed by atoms with Crippen LogP contribution in [0.25, 0.3) is 0 Å². The predicted octanol–water partition coefficient (Wildman–Crippen LogP) is 3.98. The van der Waals surface area contributed by atoms with Gasteiger partial charge in [-0.1, -0.05) is 60.7 Å². The number of benzene rings is 3. The molecule has 2 aliphatic heterocycles. The van der Waals surface area contributed by atoms with E-state index >= 15 is 0 Å². The number of rotatable bonds is 6. The maximum absolute atomic E-state index is 13.3. The van der Waals surface area contributed by atoms with Crippen molar-refractivity contribution in [2.24, 2.45) is 5.92 Å². The number of imide groups is 1. The zero-order valence-corrected chi connectivity index (χ0v) is 19.8. The minimum absolute atomic E-state index is 0.00607. The molecule has 2 heterocycles. The highest BCUT2D eigenvalue weighted by molar-refractivity contribution is 6.22. The van der Waals surface area contributed by atoms with Crippen LogP contribution in [0.4, 0.5) is 5.69 Å². The Kier molecular flexibility index (Phi) is 6.41. The maximum atomic E-state index is 13.3. The molecule has 0 bridgehead atoms. The number of anilines is 1. The highest BCUT2D eigenvalue weighted by Crippen LogP contribution is 2.42. The van der Waals surface area contributed by atoms with Crippen molar-refractivity contribution in [1.82, 2.24) is 4.90 Å². The van der Waals surface area contributed by atoms with Crippen LogP contribution < -0.4 is 9.64 Å². The van der Waals surface area contributed by atoms with Crippen LogP contribution in [0.2, 0.25) is 0 Å². The molecule has 5 rings (SSSR count). The first-order chi connectivity index (χ1) is 17.0. The van der Waals surface area contributed by atoms with Crippen LogP contribution in [-0.4, -0.2) is 48.1 Å². The van der Waals surface area contributed by atoms with E-state index in [2.05, 4.69) is 4.90 Å². The van der Waals surface area contributed by atoms with Crippen LogP contribution in [0, 0.1) is 5.92 Å². The quantitative estimate of drug-likeness (QED) is 0.552. The average Bonchev–Trinajstić information content (AvgIpc) is 3.22. The second kappa shape index (κ2) is 9.64. The van der Waals surface area contributed by atoms with Crippen LogP contribution in [-0.2, 0) is 15.2 Å². The molecule has 6 heteroatoms. The molecule has 2 aliphatic rings. The van der Waals surface area contributed by atoms with Gasteiger partial charge >= 0.3 is 0 Å². The van der Waals surface area contributed by atoms with Gasteiger partial charge in [0.1, 0.15) is 11.4 Å². The third-order valence-electron chi connectivity index (χ3n) is 7.44. The van der Waals surface area contributed by atoms with Crippen LogP contribution >= 0.6 is 0 Å². The summed E-state index contributed by atoms with van der Waals surface area (Å²) in [4.78, 5) is 29.5. The summed E-state index contributed by atoms with van der Waals surface area (Å²) in [5.74, 6) is 0.307. The maximum Gasteiger partial charge on any atom is 0.251 e. The number of likely N-dealkylation sites (tertiary alicyclic amines) is 1. The molecule has 1 atom stereocenters. The zero-order chi connectivity index (χ0) is 24.4. The number of ether oxygens (including phenoxy) is 1. The largest absolute Gasteiger partial charge is 0.497 e. The summed E-state index contributed by atoms with van der Waals surface area (Å²) in [6.07, 6.45) is 1.62. The van der Waals surface area contributed by atoms with Crippen LogP contribution in [0.5, 0.6) is 5.75 Å². The Morgan fingerprint density at radius 2 is 1.37 bits per heavy atom. The van der Waals surface area contributed by atoms with Gasteiger partial charge in [0.25, 0.3) is 5.91 Å². The van der Waals surface area contributed by atoms with Crippen LogP contribution in [0.15, 0.2) is 84.9 Å². The lowest BCUT2D eigenvalue weighted by atomic mass is 9.72. The van der Waals surface area contributed by atoms with Gasteiger partial charge in [0.15, 0.2) is 0 Å². The fraction of sp³-hybridized carbons (Fsp3) is 0.310. The van der Waals surface area contributed by atoms with Gasteiger partial charge < -0.3 is 9.84 Å². The number of piperidine rings is 1. The molecule has 0 spiro atoms. The minimum Gasteiger partial charge on any atom is -0.497 e. The van der Waals surface area contributed by atoms with Crippen molar-refractivity contribution < 1.29 is 19.4 Å². The van der Waals surface area contributed by atoms with E-state index in [9.17, 15) is 14.7 Å². The number of nitrogens with zero attached hydrogens (tertiary/aromatic N) is 2. The lowest BCUT2D eigenvalue weighted by Gasteiger charge is -2.43. The van der Waals surface area contributed by atoms with Gasteiger partial charge in [-0.25, -0.2) is 4.90 Å². The Morgan fingerprint density at radius 3 is 1.89 bits per heavy atom. The summed E-state index contributed by atoms with van der Waals surface area (Å²) in [5, 5.41) is 12.1. The summed E-state index contributed by atoms with van der Waals surface area (Å²) in [7, 11) is 1.58. The molecule has 2 amide bonds. The SMILES string of the molecule is COc1ccc(N2C(=O)CC(N3CCC(C(O)(c4ccccc4)c4ccccc4)CC3)C2=O)cc1. The minimum atomic E-state index is -1.11. The average molecular weight is 471 g/mol. The molecule has 6 nitrogen and oxygen atoms in total. The van der Waals surface area contributed by atoms with Crippen molar-refractivity contribution in [3.05, 3.63) is 96.1 Å². The van der Waals surface area contributed by atoms with Crippen LogP contribution in [0.1, 0.15) is 30.4 Å². The fourth-order valence-electron chi connectivity index (χ4n) is 5.56. The van der Waals surface area contributed by atoms with Crippen molar-refractivity contribution in [2.45, 2.75) is 30.9 Å². The zero-order valence-electron chi connectivity index (χ0n) is 19.8. The molecule has 2 fully saturated rings. The number of aliphatic hydroxyl groups is 1. The molecule has 0 aromatic heterocycles. The molecule has 180 valence electrons. The molecule has 1 N–H and O–H groups in total. The Morgan fingerprint density at radius 1 is 0.829 bits per heavy atom. The number of hydrogen-bond acceptors (Lipinski definition) is 5. The first-order valence-electron chi connectivity index (χ1n) is 12.1. The molecular formula is C29H30N2O4. The second-order valence-corrected chi connectivity index (χ2v) is 9.29. The Hall–Kier alpha value is -3.48. The van der Waals surface area contributed by atoms with E-state index in [-0.39, 0.29) is 24.2 Å². The van der Waals surface area contributed by atoms with Crippen molar-refractivity contribution >= 4 is 17.5 Å². The number of methoxy groups -OCH3 is 1. The molecule has 1 unspecified atom stereocenters. The van der Waals surface area contributed by atoms with Gasteiger partial charge in [0.2, 0.25) is 5.91 Å². The van der Waals surface area contributed by atoms with Gasteiger partial charge in [0, 0.05) is 0 Å². The topological polar surface area (TPSA) is 70.1 Å². The first-order valence-corrected chi connectivity index (χ1v) is 12.1. The standard InChI is InChI=1S/C29H30N2O4/c1-35-25-14-12-24(13-15-25)31-27(32)20-26(28(31)33)30-18-16-23(17-19-30)29(34,21-8-4-2-5-9-21)22-10-6-3-7-11-22/h2-15,23,26,34H,16-20H2,1H3. The highest BCUT2D eigenvalue weighted by Gasteiger charge is 2.46. The number of carbonyl (C=O) groups is 2. The third-order valence-corrected chi connectivity index (χ3v) is 7.44. The predicted molar refractivity (Wildman–Crippen MR) is 134 cm³/mol. The summed E-state index contributed by atoms with van der Waals surface area (Å²) in [6, 6.07) is 26.1. The summed E-state index contributed by atoms with van der Waals surface area (Å²) in [5.41, 5.74) is 1.21. The van der Waals surface area contributed by atoms with Crippen molar-refractivity contribution in [3.63, 3.8) is 0 Å². The first kappa shape index (κ1) is 23.3. The van der Waals surface area contributed by atoms with E-state index < -0.39 is 11.6 Å². The van der Waals surface area contributed by atoms with Crippen molar-refractivity contribution in [3.8, 4) is 5.75 Å². The summed E-state index contributed by atoms with van der Waals surface area (Å²) >= 11 is 0. The fourth-order valence-corrected chi connectivity index (χ4v) is 5.56. The third kappa shape index (κ3) is 4.24. The van der Waals surface area contributed by atoms with Crippen molar-refractivity contribution in [1.29, 1.82) is 0 Å². The van der Waals surface area contributed by atoms with E-state index in [1.54, 1.807) is 31.4 Å². The molecule has 0 aliphatic carbocycles. The number of amides is 2. The van der Waals surface area contributed by atoms with E-state index in [1.165, 1.54) is 4.90 Å². The van der Waals surface area contributed by atoms with E-state index in [0.717, 1.165) is 24.0 Å². The lowest BCUT2D eigenvalue weighted by Crippen LogP contribution is -2.49. The molecule has 3 aromatic carbocycles. The lowest BCUT2D eigenvalue weighted by molar-refractivity contribution is -0.123. The van der Waals surface area contributed by atoms with Crippen molar-refractivity contribution in [2.75, 3.05) is 25.1 Å². The number of carbonyl (C=O) groups excluding carboxylic acids is 2. The monoisotopic (exact) mass is 470 g/mol. The Labute approximate surface area is 205 Å². The molecule has 0 radical (unpaired) electrons. The normalized spacial score (nSPS) is 19.8. The van der Waals surface area contributed by atoms with E-state index in [1.807, 2.05) is 60.7 Å². The van der Waals surface area contributed by atoms with E-state index in [0.29, 0.717) is 24.5 Å². The second-order valence-electron chi connectivity index (χ2n) is 9.29. The highest BCUT2D eigenvalue weighted by atomic mass is 16.5. The number of hydrogen-bond donors (Lipinski definition) is 1. The van der Waals surface area contributed by atoms with Crippen LogP contribution in [0.3, 0.4) is 0 Å². The molecule has 0 saturated carbocycles. The smallest absolute Gasteiger partial charge is 0.251 e. The van der Waals surface area contributed by atoms with Gasteiger partial charge in [-0.2, -0.15) is 0 Å². The molecule has 2 saturated heterocycles. The van der Waals surface area contributed by atoms with Gasteiger partial charge in [-0.15, -0.1) is 0 Å². The molecular weight excluding hydrogens is 440 g/mol. The van der Waals surface area contributed by atoms with Gasteiger partial charge in [-0.3, -0.25) is 14.5 Å². The van der Waals surface area contributed by atoms with Gasteiger partial charge in [0.05, 0.1) is 25.3 Å². The molecule has 35 heavy (non-hydrogen) atoms. The summed E-state index contributed by atoms with van der Waals surface area (Å²) in [6.45, 7) is 1.29. The Bertz CT molecular complexity index is 1130.